The van der Waals surface area contributed by atoms with Crippen molar-refractivity contribution in [3.05, 3.63) is 29.3 Å². The normalized spacial score (nSPS) is 15.8. The van der Waals surface area contributed by atoms with Gasteiger partial charge < -0.3 is 10.2 Å². The fraction of sp³-hybridized carbons (Fsp3) is 0.600. The lowest BCUT2D eigenvalue weighted by Gasteiger charge is -2.19. The number of nitrogens with zero attached hydrogens (tertiary/aromatic N) is 1. The molecule has 0 amide bonds. The van der Waals surface area contributed by atoms with Gasteiger partial charge >= 0.3 is 0 Å². The lowest BCUT2D eigenvalue weighted by Crippen LogP contribution is -2.23. The number of hydrogen-bond donors (Lipinski definition) is 1. The fourth-order valence-corrected chi connectivity index (χ4v) is 2.57. The van der Waals surface area contributed by atoms with Crippen molar-refractivity contribution in [3.63, 3.8) is 0 Å². The number of alkyl halides is 1. The van der Waals surface area contributed by atoms with Crippen LogP contribution in [0.2, 0.25) is 0 Å². The van der Waals surface area contributed by atoms with Gasteiger partial charge in [0, 0.05) is 24.8 Å². The maximum absolute atomic E-state index is 12.4. The van der Waals surface area contributed by atoms with Crippen LogP contribution in [0.25, 0.3) is 0 Å². The van der Waals surface area contributed by atoms with Gasteiger partial charge in [0.1, 0.15) is 6.67 Å². The molecular weight excluding hydrogens is 227 g/mol. The molecule has 2 nitrogen and oxygen atoms in total. The Morgan fingerprint density at radius 2 is 2.28 bits per heavy atom. The van der Waals surface area contributed by atoms with Crippen LogP contribution in [0.4, 0.5) is 10.1 Å². The first kappa shape index (κ1) is 13.3. The van der Waals surface area contributed by atoms with E-state index in [4.69, 9.17) is 0 Å². The lowest BCUT2D eigenvalue weighted by molar-refractivity contribution is 0.493. The summed E-state index contributed by atoms with van der Waals surface area (Å²) in [5.41, 5.74) is 3.93. The quantitative estimate of drug-likeness (QED) is 0.834. The first-order chi connectivity index (χ1) is 8.76. The van der Waals surface area contributed by atoms with E-state index in [-0.39, 0.29) is 6.67 Å². The molecule has 1 N–H and O–H groups in total. The topological polar surface area (TPSA) is 15.3 Å². The fourth-order valence-electron chi connectivity index (χ4n) is 2.57. The average Bonchev–Trinajstić information content (AvgIpc) is 2.79. The second kappa shape index (κ2) is 6.19. The first-order valence-corrected chi connectivity index (χ1v) is 6.93. The summed E-state index contributed by atoms with van der Waals surface area (Å²) in [5, 5.41) is 3.50. The molecule has 0 bridgehead atoms. The van der Waals surface area contributed by atoms with Gasteiger partial charge in [-0.25, -0.2) is 4.39 Å². The highest BCUT2D eigenvalue weighted by atomic mass is 19.1. The molecule has 0 aromatic heterocycles. The molecule has 0 fully saturated rings. The molecule has 1 aromatic rings. The predicted molar refractivity (Wildman–Crippen MR) is 75.0 cm³/mol. The third-order valence-corrected chi connectivity index (χ3v) is 3.65. The molecular formula is C15H23FN2. The molecule has 2 rings (SSSR count). The Morgan fingerprint density at radius 3 is 3.00 bits per heavy atom. The van der Waals surface area contributed by atoms with E-state index in [2.05, 4.69) is 42.3 Å². The van der Waals surface area contributed by atoms with Crippen LogP contribution in [0.5, 0.6) is 0 Å². The number of halogens is 1. The van der Waals surface area contributed by atoms with Crippen LogP contribution >= 0.6 is 0 Å². The van der Waals surface area contributed by atoms with Gasteiger partial charge in [0.05, 0.1) is 0 Å². The number of nitrogens with one attached hydrogen (secondary N) is 1. The zero-order chi connectivity index (χ0) is 13.0. The summed E-state index contributed by atoms with van der Waals surface area (Å²) in [4.78, 5) is 2.14. The monoisotopic (exact) mass is 250 g/mol. The van der Waals surface area contributed by atoms with Crippen molar-refractivity contribution >= 4 is 5.69 Å². The van der Waals surface area contributed by atoms with Crippen molar-refractivity contribution in [2.45, 2.75) is 32.7 Å². The zero-order valence-corrected chi connectivity index (χ0v) is 11.4. The van der Waals surface area contributed by atoms with Crippen LogP contribution in [-0.4, -0.2) is 26.3 Å². The number of anilines is 1. The SMILES string of the molecule is CCCNC(C)c1ccc2c(c1)CCN2CCF. The summed E-state index contributed by atoms with van der Waals surface area (Å²) in [6.45, 7) is 6.64. The largest absolute Gasteiger partial charge is 0.368 e. The van der Waals surface area contributed by atoms with E-state index in [1.54, 1.807) is 0 Å². The van der Waals surface area contributed by atoms with Crippen LogP contribution in [0.1, 0.15) is 37.4 Å². The standard InChI is InChI=1S/C15H23FN2/c1-3-8-17-12(2)13-4-5-15-14(11-13)6-9-18(15)10-7-16/h4-5,11-12,17H,3,6-10H2,1-2H3. The molecule has 3 heteroatoms. The number of fused-ring (bicyclic) bond motifs is 1. The Hall–Kier alpha value is -1.09. The van der Waals surface area contributed by atoms with E-state index in [1.165, 1.54) is 16.8 Å². The minimum atomic E-state index is -0.268. The van der Waals surface area contributed by atoms with Crippen molar-refractivity contribution in [3.8, 4) is 0 Å². The molecule has 1 aliphatic rings. The van der Waals surface area contributed by atoms with E-state index >= 15 is 0 Å². The molecule has 1 aliphatic heterocycles. The Labute approximate surface area is 109 Å². The highest BCUT2D eigenvalue weighted by Crippen LogP contribution is 2.30. The zero-order valence-electron chi connectivity index (χ0n) is 11.4. The summed E-state index contributed by atoms with van der Waals surface area (Å²) < 4.78 is 12.4. The van der Waals surface area contributed by atoms with Crippen molar-refractivity contribution in [2.24, 2.45) is 0 Å². The van der Waals surface area contributed by atoms with E-state index in [0.717, 1.165) is 25.9 Å². The highest BCUT2D eigenvalue weighted by Gasteiger charge is 2.19. The van der Waals surface area contributed by atoms with Gasteiger partial charge in [-0.3, -0.25) is 0 Å². The first-order valence-electron chi connectivity index (χ1n) is 6.93. The maximum Gasteiger partial charge on any atom is 0.107 e. The van der Waals surface area contributed by atoms with E-state index in [1.807, 2.05) is 0 Å². The number of hydrogen-bond acceptors (Lipinski definition) is 2. The molecule has 0 saturated carbocycles. The van der Waals surface area contributed by atoms with Gasteiger partial charge in [-0.1, -0.05) is 19.1 Å². The van der Waals surface area contributed by atoms with E-state index in [9.17, 15) is 4.39 Å². The highest BCUT2D eigenvalue weighted by molar-refractivity contribution is 5.59. The van der Waals surface area contributed by atoms with Crippen LogP contribution in [0.15, 0.2) is 18.2 Å². The Kier molecular flexibility index (Phi) is 4.59. The molecule has 0 radical (unpaired) electrons. The summed E-state index contributed by atoms with van der Waals surface area (Å²) in [6, 6.07) is 6.99. The molecule has 1 heterocycles. The van der Waals surface area contributed by atoms with Gasteiger partial charge in [-0.15, -0.1) is 0 Å². The van der Waals surface area contributed by atoms with Gasteiger partial charge in [0.15, 0.2) is 0 Å². The summed E-state index contributed by atoms with van der Waals surface area (Å²) in [5.74, 6) is 0. The Bertz CT molecular complexity index is 392. The Balaban J connectivity index is 2.09. The minimum Gasteiger partial charge on any atom is -0.368 e. The van der Waals surface area contributed by atoms with Gasteiger partial charge in [0.25, 0.3) is 0 Å². The molecule has 0 spiro atoms. The average molecular weight is 250 g/mol. The lowest BCUT2D eigenvalue weighted by atomic mass is 10.0. The molecule has 1 aromatic carbocycles. The minimum absolute atomic E-state index is 0.268. The maximum atomic E-state index is 12.4. The number of rotatable bonds is 6. The van der Waals surface area contributed by atoms with Gasteiger partial charge in [0.2, 0.25) is 0 Å². The molecule has 1 unspecified atom stereocenters. The van der Waals surface area contributed by atoms with E-state index in [0.29, 0.717) is 12.6 Å². The molecule has 100 valence electrons. The van der Waals surface area contributed by atoms with Crippen molar-refractivity contribution in [2.75, 3.05) is 31.2 Å². The third kappa shape index (κ3) is 2.83. The van der Waals surface area contributed by atoms with Crippen LogP contribution < -0.4 is 10.2 Å². The van der Waals surface area contributed by atoms with Crippen molar-refractivity contribution < 1.29 is 4.39 Å². The van der Waals surface area contributed by atoms with Crippen LogP contribution in [0, 0.1) is 0 Å². The predicted octanol–water partition coefficient (Wildman–Crippen LogP) is 3.08. The summed E-state index contributed by atoms with van der Waals surface area (Å²) >= 11 is 0. The van der Waals surface area contributed by atoms with E-state index < -0.39 is 0 Å². The van der Waals surface area contributed by atoms with Crippen LogP contribution in [-0.2, 0) is 6.42 Å². The summed E-state index contributed by atoms with van der Waals surface area (Å²) in [6.07, 6.45) is 2.20. The molecule has 1 atom stereocenters. The van der Waals surface area contributed by atoms with Crippen molar-refractivity contribution in [1.82, 2.24) is 5.32 Å². The second-order valence-electron chi connectivity index (χ2n) is 4.99. The smallest absolute Gasteiger partial charge is 0.107 e. The van der Waals surface area contributed by atoms with Gasteiger partial charge in [-0.2, -0.15) is 0 Å². The van der Waals surface area contributed by atoms with Crippen molar-refractivity contribution in [1.29, 1.82) is 0 Å². The molecule has 18 heavy (non-hydrogen) atoms. The Morgan fingerprint density at radius 1 is 1.44 bits per heavy atom. The molecule has 0 aliphatic carbocycles. The second-order valence-corrected chi connectivity index (χ2v) is 4.99. The van der Waals surface area contributed by atoms with Gasteiger partial charge in [-0.05, 0) is 43.5 Å². The molecule has 0 saturated heterocycles. The summed E-state index contributed by atoms with van der Waals surface area (Å²) in [7, 11) is 0. The number of benzene rings is 1. The third-order valence-electron chi connectivity index (χ3n) is 3.65. The van der Waals surface area contributed by atoms with Crippen LogP contribution in [0.3, 0.4) is 0 Å².